The van der Waals surface area contributed by atoms with Crippen molar-refractivity contribution in [3.8, 4) is 23.0 Å². The number of aromatic nitrogens is 3. The SMILES string of the molecule is COc1ccc(CO)cc1.[C-]#[N+]c1ccc(Br)cn1.[C-]#[N+]c1ccc(O)cn1.[C-]#[N+]c1ccc(OCc2ccc(OC)cc2)cn1. The van der Waals surface area contributed by atoms with Crippen LogP contribution in [0.5, 0.6) is 23.0 Å². The second-order valence-corrected chi connectivity index (χ2v) is 9.46. The fraction of sp³-hybridized carbons (Fsp3) is 0.118. The normalized spacial score (nSPS) is 9.07. The number of rotatable bonds is 6. The number of hydrogen-bond acceptors (Lipinski definition) is 8. The zero-order chi connectivity index (χ0) is 33.6. The minimum absolute atomic E-state index is 0.0856. The molecule has 0 aliphatic rings. The quantitative estimate of drug-likeness (QED) is 0.173. The third-order valence-electron chi connectivity index (χ3n) is 5.41. The molecular formula is C34H29BrN6O5. The maximum absolute atomic E-state index is 8.69. The fourth-order valence-corrected chi connectivity index (χ4v) is 3.26. The maximum atomic E-state index is 8.69. The molecule has 5 rings (SSSR count). The highest BCUT2D eigenvalue weighted by Crippen LogP contribution is 2.17. The van der Waals surface area contributed by atoms with E-state index < -0.39 is 0 Å². The number of aliphatic hydroxyl groups is 1. The first-order chi connectivity index (χ1) is 22.3. The van der Waals surface area contributed by atoms with Gasteiger partial charge < -0.3 is 39.0 Å². The lowest BCUT2D eigenvalue weighted by molar-refractivity contribution is 0.281. The first-order valence-electron chi connectivity index (χ1n) is 13.2. The molecule has 0 aliphatic heterocycles. The van der Waals surface area contributed by atoms with Crippen molar-refractivity contribution in [1.82, 2.24) is 15.0 Å². The molecule has 46 heavy (non-hydrogen) atoms. The number of hydrogen-bond donors (Lipinski definition) is 2. The lowest BCUT2D eigenvalue weighted by atomic mass is 10.2. The number of nitrogens with zero attached hydrogens (tertiary/aromatic N) is 6. The van der Waals surface area contributed by atoms with Gasteiger partial charge in [-0.05, 0) is 81.7 Å². The molecular weight excluding hydrogens is 652 g/mol. The van der Waals surface area contributed by atoms with Crippen molar-refractivity contribution in [1.29, 1.82) is 0 Å². The van der Waals surface area contributed by atoms with Crippen molar-refractivity contribution in [3.63, 3.8) is 0 Å². The van der Waals surface area contributed by atoms with Gasteiger partial charge >= 0.3 is 0 Å². The Hall–Kier alpha value is -6.00. The molecule has 0 saturated heterocycles. The first kappa shape index (κ1) is 36.2. The molecule has 2 aromatic carbocycles. The predicted octanol–water partition coefficient (Wildman–Crippen LogP) is 8.14. The van der Waals surface area contributed by atoms with Crippen LogP contribution >= 0.6 is 15.9 Å². The van der Waals surface area contributed by atoms with Gasteiger partial charge in [0.15, 0.2) is 23.9 Å². The number of pyridine rings is 3. The van der Waals surface area contributed by atoms with E-state index in [1.54, 1.807) is 50.9 Å². The standard InChI is InChI=1S/C14H12N2O2.C8H10O2.C6H3BrN2.C6H4N2O/c1-15-14-8-7-13(9-16-14)18-10-11-3-5-12(17-2)6-4-11;1-10-8-4-2-7(6-9)3-5-8;1-8-6-3-2-5(7)4-9-6;1-7-6-3-2-5(9)4-8-6/h3-9H,10H2,2H3;2-5,9H,6H2,1H3;2-4H;2-4,9H. The van der Waals surface area contributed by atoms with Crippen LogP contribution < -0.4 is 14.2 Å². The molecule has 0 aliphatic carbocycles. The zero-order valence-corrected chi connectivity index (χ0v) is 26.5. The van der Waals surface area contributed by atoms with Gasteiger partial charge in [0, 0.05) is 0 Å². The van der Waals surface area contributed by atoms with E-state index >= 15 is 0 Å². The summed E-state index contributed by atoms with van der Waals surface area (Å²) in [5.41, 5.74) is 1.95. The third kappa shape index (κ3) is 14.0. The predicted molar refractivity (Wildman–Crippen MR) is 177 cm³/mol. The second-order valence-electron chi connectivity index (χ2n) is 8.54. The summed E-state index contributed by atoms with van der Waals surface area (Å²) < 4.78 is 16.5. The molecule has 3 aromatic heterocycles. The van der Waals surface area contributed by atoms with Gasteiger partial charge in [-0.2, -0.15) is 0 Å². The molecule has 3 heterocycles. The van der Waals surface area contributed by atoms with Crippen molar-refractivity contribution >= 4 is 33.4 Å². The highest BCUT2D eigenvalue weighted by Gasteiger charge is 2.00. The van der Waals surface area contributed by atoms with Gasteiger partial charge in [0.1, 0.15) is 24.3 Å². The Morgan fingerprint density at radius 1 is 0.609 bits per heavy atom. The molecule has 0 unspecified atom stereocenters. The lowest BCUT2D eigenvalue weighted by Crippen LogP contribution is -1.95. The van der Waals surface area contributed by atoms with Crippen LogP contribution in [0.4, 0.5) is 17.5 Å². The summed E-state index contributed by atoms with van der Waals surface area (Å²) in [6.45, 7) is 20.4. The Balaban J connectivity index is 0.000000226. The molecule has 12 heteroatoms. The Morgan fingerprint density at radius 2 is 1.07 bits per heavy atom. The maximum Gasteiger partial charge on any atom is 0.269 e. The number of ether oxygens (including phenoxy) is 3. The van der Waals surface area contributed by atoms with E-state index in [-0.39, 0.29) is 12.4 Å². The number of aliphatic hydroxyl groups excluding tert-OH is 1. The molecule has 0 saturated carbocycles. The first-order valence-corrected chi connectivity index (χ1v) is 14.0. The monoisotopic (exact) mass is 680 g/mol. The van der Waals surface area contributed by atoms with Crippen LogP contribution in [-0.4, -0.2) is 39.4 Å². The summed E-state index contributed by atoms with van der Waals surface area (Å²) in [5.74, 6) is 3.47. The molecule has 2 N–H and O–H groups in total. The number of benzene rings is 2. The van der Waals surface area contributed by atoms with E-state index in [4.69, 9.17) is 44.1 Å². The highest BCUT2D eigenvalue weighted by molar-refractivity contribution is 9.10. The van der Waals surface area contributed by atoms with Gasteiger partial charge in [-0.15, -0.1) is 15.0 Å². The molecule has 0 radical (unpaired) electrons. The van der Waals surface area contributed by atoms with E-state index in [2.05, 4.69) is 45.4 Å². The molecule has 5 aromatic rings. The Morgan fingerprint density at radius 3 is 1.46 bits per heavy atom. The summed E-state index contributed by atoms with van der Waals surface area (Å²) in [5, 5.41) is 17.3. The molecule has 0 amide bonds. The Labute approximate surface area is 275 Å². The zero-order valence-electron chi connectivity index (χ0n) is 24.9. The van der Waals surface area contributed by atoms with Gasteiger partial charge in [0.25, 0.3) is 17.5 Å². The average molecular weight is 682 g/mol. The smallest absolute Gasteiger partial charge is 0.269 e. The van der Waals surface area contributed by atoms with Crippen LogP contribution in [-0.2, 0) is 13.2 Å². The third-order valence-corrected chi connectivity index (χ3v) is 5.88. The largest absolute Gasteiger partial charge is 0.504 e. The van der Waals surface area contributed by atoms with Gasteiger partial charge in [-0.3, -0.25) is 0 Å². The Kier molecular flexibility index (Phi) is 16.4. The van der Waals surface area contributed by atoms with Crippen LogP contribution in [0.1, 0.15) is 11.1 Å². The summed E-state index contributed by atoms with van der Waals surface area (Å²) in [6, 6.07) is 24.7. The topological polar surface area (TPSA) is 120 Å². The van der Waals surface area contributed by atoms with Gasteiger partial charge in [0.2, 0.25) is 0 Å². The van der Waals surface area contributed by atoms with Crippen molar-refractivity contribution in [2.45, 2.75) is 13.2 Å². The minimum Gasteiger partial charge on any atom is -0.504 e. The van der Waals surface area contributed by atoms with E-state index in [1.165, 1.54) is 18.3 Å². The van der Waals surface area contributed by atoms with Crippen molar-refractivity contribution in [2.75, 3.05) is 14.2 Å². The fourth-order valence-electron chi connectivity index (χ4n) is 3.02. The molecule has 232 valence electrons. The van der Waals surface area contributed by atoms with Gasteiger partial charge in [-0.25, -0.2) is 0 Å². The Bertz CT molecular complexity index is 1640. The molecule has 0 fully saturated rings. The average Bonchev–Trinajstić information content (AvgIpc) is 3.12. The lowest BCUT2D eigenvalue weighted by Gasteiger charge is -2.05. The van der Waals surface area contributed by atoms with E-state index in [0.717, 1.165) is 27.1 Å². The molecule has 0 bridgehead atoms. The van der Waals surface area contributed by atoms with E-state index in [1.807, 2.05) is 48.5 Å². The summed E-state index contributed by atoms with van der Waals surface area (Å²) >= 11 is 3.21. The van der Waals surface area contributed by atoms with Crippen molar-refractivity contribution in [3.05, 3.63) is 153 Å². The number of halogens is 1. The summed E-state index contributed by atoms with van der Waals surface area (Å²) in [7, 11) is 3.25. The van der Waals surface area contributed by atoms with Crippen LogP contribution in [0, 0.1) is 19.7 Å². The molecule has 0 atom stereocenters. The van der Waals surface area contributed by atoms with Crippen LogP contribution in [0.15, 0.2) is 108 Å². The van der Waals surface area contributed by atoms with Crippen molar-refractivity contribution in [2.24, 2.45) is 0 Å². The van der Waals surface area contributed by atoms with Crippen LogP contribution in [0.25, 0.3) is 14.5 Å². The van der Waals surface area contributed by atoms with Crippen LogP contribution in [0.2, 0.25) is 0 Å². The summed E-state index contributed by atoms with van der Waals surface area (Å²) in [6.07, 6.45) is 4.40. The van der Waals surface area contributed by atoms with Gasteiger partial charge in [-0.1, -0.05) is 50.0 Å². The molecule has 0 spiro atoms. The van der Waals surface area contributed by atoms with Crippen molar-refractivity contribution < 1.29 is 24.4 Å². The minimum atomic E-state index is 0.0856. The number of methoxy groups -OCH3 is 2. The number of aromatic hydroxyl groups is 1. The second kappa shape index (κ2) is 20.8. The summed E-state index contributed by atoms with van der Waals surface area (Å²) in [4.78, 5) is 20.7. The van der Waals surface area contributed by atoms with Gasteiger partial charge in [0.05, 0.1) is 25.3 Å². The van der Waals surface area contributed by atoms with E-state index in [0.29, 0.717) is 29.8 Å². The highest BCUT2D eigenvalue weighted by atomic mass is 79.9. The molecule has 11 nitrogen and oxygen atoms in total. The van der Waals surface area contributed by atoms with E-state index in [9.17, 15) is 0 Å². The van der Waals surface area contributed by atoms with Crippen LogP contribution in [0.3, 0.4) is 0 Å².